The number of anilines is 2. The van der Waals surface area contributed by atoms with E-state index in [0.717, 1.165) is 35.3 Å². The number of hydrogen-bond donors (Lipinski definition) is 2. The Morgan fingerprint density at radius 3 is 1.74 bits per heavy atom. The molecular weight excluding hydrogens is 1140 g/mol. The van der Waals surface area contributed by atoms with E-state index in [1.807, 2.05) is 64.4 Å². The van der Waals surface area contributed by atoms with Crippen molar-refractivity contribution >= 4 is 46.9 Å². The smallest absolute Gasteiger partial charge is 0.314 e. The molecule has 5 aliphatic heterocycles. The zero-order valence-electron chi connectivity index (χ0n) is 49.8. The molecule has 0 radical (unpaired) electrons. The van der Waals surface area contributed by atoms with E-state index in [0.29, 0.717) is 86.2 Å². The Bertz CT molecular complexity index is 3830. The van der Waals surface area contributed by atoms with Crippen molar-refractivity contribution in [3.05, 3.63) is 188 Å². The molecule has 0 bridgehead atoms. The van der Waals surface area contributed by atoms with Gasteiger partial charge in [-0.2, -0.15) is 10.5 Å². The van der Waals surface area contributed by atoms with Crippen molar-refractivity contribution in [2.75, 3.05) is 62.2 Å². The lowest BCUT2D eigenvalue weighted by Crippen LogP contribution is -2.52. The average molecular weight is 1210 g/mol. The highest BCUT2D eigenvalue weighted by molar-refractivity contribution is 6.06. The van der Waals surface area contributed by atoms with Gasteiger partial charge in [-0.15, -0.1) is 0 Å². The number of imide groups is 1. The number of nitrogens with zero attached hydrogens (tertiary/aromatic N) is 8. The van der Waals surface area contributed by atoms with E-state index in [-0.39, 0.29) is 78.9 Å². The number of esters is 1. The van der Waals surface area contributed by atoms with E-state index in [4.69, 9.17) is 25.2 Å². The van der Waals surface area contributed by atoms with Crippen LogP contribution in [0.5, 0.6) is 11.5 Å². The van der Waals surface area contributed by atoms with Crippen LogP contribution in [0, 0.1) is 34.3 Å². The van der Waals surface area contributed by atoms with Gasteiger partial charge in [0.2, 0.25) is 17.7 Å². The van der Waals surface area contributed by atoms with Crippen molar-refractivity contribution in [1.29, 1.82) is 10.5 Å². The van der Waals surface area contributed by atoms with Crippen LogP contribution in [0.2, 0.25) is 0 Å². The lowest BCUT2D eigenvalue weighted by Gasteiger charge is -2.37. The number of carbonyl (C=O) groups excluding carboxylic acids is 6. The van der Waals surface area contributed by atoms with Gasteiger partial charge in [0.05, 0.1) is 53.6 Å². The minimum absolute atomic E-state index is 0.102. The third-order valence-electron chi connectivity index (χ3n) is 17.1. The SMILES string of the molecule is CC(C)(C)OC(=O)[C@@H](C[C@@H](C(N)=O)N1Cc2c(OCc3ccc(CN4CCN(c5ccc(C#N)cc5F)CC4)cc3)cccc2C1=O)c1c(C#N)ccc(N2CCN(Cc3ccc(COc4cccc5c4CN([C@H]4CCC(=O)NC4=O)C5=O)cc3)CC2)c1F. The Morgan fingerprint density at radius 1 is 0.674 bits per heavy atom. The number of nitrogens with one attached hydrogen (secondary N) is 1. The van der Waals surface area contributed by atoms with Gasteiger partial charge >= 0.3 is 5.97 Å². The third-order valence-corrected chi connectivity index (χ3v) is 17.1. The predicted octanol–water partition coefficient (Wildman–Crippen LogP) is 7.60. The molecule has 0 unspecified atom stereocenters. The van der Waals surface area contributed by atoms with Crippen LogP contribution >= 0.6 is 0 Å². The summed E-state index contributed by atoms with van der Waals surface area (Å²) >= 11 is 0. The Balaban J connectivity index is 0.712. The quantitative estimate of drug-likeness (QED) is 0.0587. The summed E-state index contributed by atoms with van der Waals surface area (Å²) in [5.74, 6) is -5.27. The zero-order chi connectivity index (χ0) is 62.7. The lowest BCUT2D eigenvalue weighted by molar-refractivity contribution is -0.157. The normalized spacial score (nSPS) is 17.8. The number of primary amides is 1. The molecule has 89 heavy (non-hydrogen) atoms. The second-order valence-corrected chi connectivity index (χ2v) is 24.1. The number of piperidine rings is 1. The highest BCUT2D eigenvalue weighted by Crippen LogP contribution is 2.40. The Labute approximate surface area is 514 Å². The molecule has 3 fully saturated rings. The first-order valence-electron chi connectivity index (χ1n) is 29.8. The van der Waals surface area contributed by atoms with Gasteiger partial charge in [-0.1, -0.05) is 60.7 Å². The molecule has 0 aliphatic carbocycles. The average Bonchev–Trinajstić information content (AvgIpc) is 1.82. The first kappa shape index (κ1) is 61.0. The number of nitrogens with two attached hydrogens (primary N) is 1. The van der Waals surface area contributed by atoms with E-state index in [2.05, 4.69) is 21.2 Å². The number of benzene rings is 6. The van der Waals surface area contributed by atoms with Crippen LogP contribution in [0.15, 0.2) is 115 Å². The molecule has 19 nitrogen and oxygen atoms in total. The molecule has 11 rings (SSSR count). The van der Waals surface area contributed by atoms with Crippen molar-refractivity contribution in [2.24, 2.45) is 5.73 Å². The third kappa shape index (κ3) is 13.4. The van der Waals surface area contributed by atoms with Gasteiger partial charge in [0.25, 0.3) is 11.8 Å². The van der Waals surface area contributed by atoms with Crippen LogP contribution in [0.25, 0.3) is 0 Å². The van der Waals surface area contributed by atoms with Crippen LogP contribution in [-0.2, 0) is 63.3 Å². The molecule has 5 amide bonds. The number of ether oxygens (including phenoxy) is 3. The monoisotopic (exact) mass is 1210 g/mol. The van der Waals surface area contributed by atoms with Gasteiger partial charge in [-0.05, 0) is 110 Å². The summed E-state index contributed by atoms with van der Waals surface area (Å²) in [6.45, 7) is 11.4. The molecule has 0 aromatic heterocycles. The second-order valence-electron chi connectivity index (χ2n) is 24.1. The maximum Gasteiger partial charge on any atom is 0.314 e. The number of piperazine rings is 2. The van der Waals surface area contributed by atoms with E-state index in [9.17, 15) is 38.4 Å². The molecular formula is C68H68F2N10O9. The fourth-order valence-electron chi connectivity index (χ4n) is 12.4. The molecule has 458 valence electrons. The molecule has 6 aromatic rings. The summed E-state index contributed by atoms with van der Waals surface area (Å²) in [6, 6.07) is 35.6. The maximum absolute atomic E-state index is 17.5. The highest BCUT2D eigenvalue weighted by atomic mass is 19.1. The topological polar surface area (TPSA) is 235 Å². The Hall–Kier alpha value is -9.70. The van der Waals surface area contributed by atoms with Crippen LogP contribution in [-0.4, -0.2) is 125 Å². The van der Waals surface area contributed by atoms with E-state index < -0.39 is 65.3 Å². The van der Waals surface area contributed by atoms with Crippen LogP contribution in [0.1, 0.15) is 117 Å². The van der Waals surface area contributed by atoms with Crippen LogP contribution in [0.4, 0.5) is 20.2 Å². The number of nitriles is 2. The lowest BCUT2D eigenvalue weighted by atomic mass is 9.87. The summed E-state index contributed by atoms with van der Waals surface area (Å²) in [7, 11) is 0. The summed E-state index contributed by atoms with van der Waals surface area (Å²) < 4.78 is 50.7. The summed E-state index contributed by atoms with van der Waals surface area (Å²) in [5, 5.41) is 21.9. The summed E-state index contributed by atoms with van der Waals surface area (Å²) in [5.41, 5.74) is 11.5. The minimum atomic E-state index is -1.54. The maximum atomic E-state index is 17.5. The van der Waals surface area contributed by atoms with Gasteiger partial charge in [0, 0.05) is 99.7 Å². The van der Waals surface area contributed by atoms with Crippen LogP contribution in [0.3, 0.4) is 0 Å². The molecule has 6 aromatic carbocycles. The first-order chi connectivity index (χ1) is 42.8. The number of carbonyl (C=O) groups is 6. The minimum Gasteiger partial charge on any atom is -0.489 e. The molecule has 5 heterocycles. The number of fused-ring (bicyclic) bond motifs is 2. The van der Waals surface area contributed by atoms with Crippen molar-refractivity contribution in [3.8, 4) is 23.6 Å². The number of amides is 5. The Kier molecular flexibility index (Phi) is 17.8. The van der Waals surface area contributed by atoms with Gasteiger partial charge in [-0.25, -0.2) is 8.78 Å². The standard InChI is InChI=1S/C68H68F2N10O9/c1-68(2,3)89-67(86)50(33-57(63(73)82)80-39-52-49(66(80)85)7-5-9-59(52)88-41-45-14-10-42(11-15-45)36-75-24-28-77(29-25-75)54-20-18-46(34-71)32-53(54)69)61-47(35-72)19-21-55(62(61)70)78-30-26-76(27-31-78)37-43-12-16-44(17-13-43)40-87-58-8-4-6-48-51(58)38-79(65(48)84)56-22-23-60(81)74-64(56)83/h4-21,32,50,56-57H,22-31,33,36-41H2,1-3H3,(H2,73,82)(H,74,81,83)/t50-,56-,57-/m0/s1. The second kappa shape index (κ2) is 25.9. The molecule has 3 saturated heterocycles. The van der Waals surface area contributed by atoms with E-state index in [1.165, 1.54) is 28.0 Å². The molecule has 5 aliphatic rings. The molecule has 3 N–H and O–H groups in total. The number of rotatable bonds is 19. The zero-order valence-corrected chi connectivity index (χ0v) is 49.8. The van der Waals surface area contributed by atoms with Gasteiger partial charge < -0.3 is 39.5 Å². The molecule has 21 heteroatoms. The van der Waals surface area contributed by atoms with E-state index in [1.54, 1.807) is 69.3 Å². The van der Waals surface area contributed by atoms with Gasteiger partial charge in [-0.3, -0.25) is 43.9 Å². The first-order valence-corrected chi connectivity index (χ1v) is 29.8. The van der Waals surface area contributed by atoms with Crippen LogP contribution < -0.4 is 30.3 Å². The van der Waals surface area contributed by atoms with Crippen molar-refractivity contribution in [3.63, 3.8) is 0 Å². The molecule has 3 atom stereocenters. The molecule has 0 spiro atoms. The van der Waals surface area contributed by atoms with Crippen molar-refractivity contribution in [1.82, 2.24) is 24.9 Å². The van der Waals surface area contributed by atoms with Gasteiger partial charge in [0.1, 0.15) is 48.2 Å². The number of halogens is 2. The van der Waals surface area contributed by atoms with Crippen molar-refractivity contribution in [2.45, 2.75) is 103 Å². The van der Waals surface area contributed by atoms with E-state index >= 15 is 4.39 Å². The predicted molar refractivity (Wildman–Crippen MR) is 324 cm³/mol. The fraction of sp³-hybridized carbons (Fsp3) is 0.353. The highest BCUT2D eigenvalue weighted by Gasteiger charge is 2.44. The number of hydrogen-bond acceptors (Lipinski definition) is 15. The van der Waals surface area contributed by atoms with Crippen molar-refractivity contribution < 1.29 is 51.8 Å². The largest absolute Gasteiger partial charge is 0.489 e. The van der Waals surface area contributed by atoms with Gasteiger partial charge in [0.15, 0.2) is 5.82 Å². The fourth-order valence-corrected chi connectivity index (χ4v) is 12.4. The summed E-state index contributed by atoms with van der Waals surface area (Å²) in [4.78, 5) is 91.3. The Morgan fingerprint density at radius 2 is 1.21 bits per heavy atom. The molecule has 0 saturated carbocycles. The summed E-state index contributed by atoms with van der Waals surface area (Å²) in [6.07, 6.45) is -0.0528.